The highest BCUT2D eigenvalue weighted by atomic mass is 79.9. The number of halogens is 1. The highest BCUT2D eigenvalue weighted by Gasteiger charge is 2.47. The van der Waals surface area contributed by atoms with Crippen LogP contribution in [0.3, 0.4) is 0 Å². The molecule has 0 saturated carbocycles. The molecule has 4 rings (SSSR count). The number of carbonyl (C=O) groups is 2. The fourth-order valence-electron chi connectivity index (χ4n) is 3.45. The molecule has 3 aromatic rings. The molecule has 1 fully saturated rings. The molecule has 0 radical (unpaired) electrons. The molecule has 154 valence electrons. The Labute approximate surface area is 184 Å². The molecule has 1 N–H and O–H groups in total. The average molecular weight is 480 g/mol. The summed E-state index contributed by atoms with van der Waals surface area (Å²) in [4.78, 5) is 42.0. The van der Waals surface area contributed by atoms with Crippen LogP contribution in [-0.4, -0.2) is 26.7 Å². The Morgan fingerprint density at radius 1 is 1.06 bits per heavy atom. The van der Waals surface area contributed by atoms with Crippen LogP contribution in [0.2, 0.25) is 0 Å². The van der Waals surface area contributed by atoms with Crippen LogP contribution in [0.15, 0.2) is 83.0 Å². The molecule has 1 aliphatic heterocycles. The first-order valence-corrected chi connectivity index (χ1v) is 9.90. The summed E-state index contributed by atoms with van der Waals surface area (Å²) in [6, 6.07) is 16.0. The number of amides is 1. The van der Waals surface area contributed by atoms with E-state index in [2.05, 4.69) is 20.9 Å². The summed E-state index contributed by atoms with van der Waals surface area (Å²) < 4.78 is 0.772. The molecular formula is C22H14BrN3O5. The van der Waals surface area contributed by atoms with Crippen LogP contribution in [0.25, 0.3) is 5.76 Å². The summed E-state index contributed by atoms with van der Waals surface area (Å²) in [6.07, 6.45) is 1.47. The van der Waals surface area contributed by atoms with Gasteiger partial charge in [0, 0.05) is 28.4 Å². The zero-order valence-electron chi connectivity index (χ0n) is 15.8. The molecule has 1 aliphatic rings. The number of aliphatic hydroxyl groups excluding tert-OH is 1. The van der Waals surface area contributed by atoms with Crippen molar-refractivity contribution in [3.63, 3.8) is 0 Å². The van der Waals surface area contributed by atoms with Gasteiger partial charge >= 0.3 is 5.91 Å². The van der Waals surface area contributed by atoms with Crippen molar-refractivity contribution in [1.82, 2.24) is 4.98 Å². The van der Waals surface area contributed by atoms with E-state index in [1.54, 1.807) is 48.5 Å². The SMILES string of the molecule is O=C1C(=O)N(c2ccccn2)[C@@H](c2cccc([N+](=O)[O-])c2)C1=C(O)c1ccc(Br)cc1. The monoisotopic (exact) mass is 479 g/mol. The number of Topliss-reactive ketones (excluding diaryl/α,β-unsaturated/α-hetero) is 1. The summed E-state index contributed by atoms with van der Waals surface area (Å²) in [7, 11) is 0. The maximum absolute atomic E-state index is 13.0. The van der Waals surface area contributed by atoms with E-state index in [-0.39, 0.29) is 22.8 Å². The Hall–Kier alpha value is -3.85. The van der Waals surface area contributed by atoms with Gasteiger partial charge in [-0.1, -0.05) is 46.3 Å². The van der Waals surface area contributed by atoms with E-state index in [9.17, 15) is 24.8 Å². The number of non-ortho nitro benzene ring substituents is 1. The molecule has 2 aromatic carbocycles. The first kappa shape index (κ1) is 20.4. The van der Waals surface area contributed by atoms with Crippen molar-refractivity contribution in [1.29, 1.82) is 0 Å². The van der Waals surface area contributed by atoms with Crippen molar-refractivity contribution in [2.45, 2.75) is 6.04 Å². The topological polar surface area (TPSA) is 114 Å². The van der Waals surface area contributed by atoms with Gasteiger partial charge in [0.2, 0.25) is 0 Å². The number of hydrogen-bond donors (Lipinski definition) is 1. The second-order valence-corrected chi connectivity index (χ2v) is 7.63. The lowest BCUT2D eigenvalue weighted by Crippen LogP contribution is -2.30. The van der Waals surface area contributed by atoms with Gasteiger partial charge in [-0.15, -0.1) is 0 Å². The molecule has 8 nitrogen and oxygen atoms in total. The molecule has 1 amide bonds. The minimum Gasteiger partial charge on any atom is -0.507 e. The van der Waals surface area contributed by atoms with Crippen LogP contribution in [0.5, 0.6) is 0 Å². The molecule has 1 aromatic heterocycles. The number of aromatic nitrogens is 1. The minimum absolute atomic E-state index is 0.168. The molecule has 1 saturated heterocycles. The van der Waals surface area contributed by atoms with Gasteiger partial charge in [0.05, 0.1) is 16.5 Å². The Kier molecular flexibility index (Phi) is 5.35. The molecular weight excluding hydrogens is 466 g/mol. The van der Waals surface area contributed by atoms with Crippen molar-refractivity contribution in [2.75, 3.05) is 4.90 Å². The van der Waals surface area contributed by atoms with Gasteiger partial charge in [-0.2, -0.15) is 0 Å². The zero-order valence-corrected chi connectivity index (χ0v) is 17.4. The third-order valence-corrected chi connectivity index (χ3v) is 5.38. The minimum atomic E-state index is -1.08. The van der Waals surface area contributed by atoms with E-state index < -0.39 is 22.7 Å². The van der Waals surface area contributed by atoms with E-state index in [0.717, 1.165) is 9.37 Å². The lowest BCUT2D eigenvalue weighted by Gasteiger charge is -2.24. The maximum Gasteiger partial charge on any atom is 0.301 e. The van der Waals surface area contributed by atoms with Gasteiger partial charge in [-0.05, 0) is 29.8 Å². The van der Waals surface area contributed by atoms with E-state index in [4.69, 9.17) is 0 Å². The first-order valence-electron chi connectivity index (χ1n) is 9.11. The third kappa shape index (κ3) is 3.71. The molecule has 0 unspecified atom stereocenters. The lowest BCUT2D eigenvalue weighted by atomic mass is 9.95. The van der Waals surface area contributed by atoms with Crippen LogP contribution in [0.1, 0.15) is 17.2 Å². The highest BCUT2D eigenvalue weighted by Crippen LogP contribution is 2.42. The van der Waals surface area contributed by atoms with E-state index in [1.807, 2.05) is 0 Å². The van der Waals surface area contributed by atoms with Crippen molar-refractivity contribution >= 4 is 44.9 Å². The summed E-state index contributed by atoms with van der Waals surface area (Å²) in [5, 5.41) is 22.3. The van der Waals surface area contributed by atoms with Crippen molar-refractivity contribution in [2.24, 2.45) is 0 Å². The summed E-state index contributed by atoms with van der Waals surface area (Å²) >= 11 is 3.31. The molecule has 2 heterocycles. The molecule has 9 heteroatoms. The van der Waals surface area contributed by atoms with Gasteiger partial charge < -0.3 is 5.11 Å². The first-order chi connectivity index (χ1) is 14.9. The standard InChI is InChI=1S/C22H14BrN3O5/c23-15-9-7-13(8-10-15)20(27)18-19(14-4-3-5-16(12-14)26(30)31)25(22(29)21(18)28)17-6-1-2-11-24-17/h1-12,19,27H/t19-/m0/s1. The summed E-state index contributed by atoms with van der Waals surface area (Å²) in [5.74, 6) is -1.96. The third-order valence-electron chi connectivity index (χ3n) is 4.85. The number of pyridine rings is 1. The Morgan fingerprint density at radius 2 is 1.81 bits per heavy atom. The predicted octanol–water partition coefficient (Wildman–Crippen LogP) is 4.38. The highest BCUT2D eigenvalue weighted by molar-refractivity contribution is 9.10. The number of nitro benzene ring substituents is 1. The second-order valence-electron chi connectivity index (χ2n) is 6.72. The number of aliphatic hydroxyl groups is 1. The Balaban J connectivity index is 1.96. The van der Waals surface area contributed by atoms with Gasteiger partial charge in [-0.3, -0.25) is 24.6 Å². The lowest BCUT2D eigenvalue weighted by molar-refractivity contribution is -0.384. The Morgan fingerprint density at radius 3 is 2.45 bits per heavy atom. The quantitative estimate of drug-likeness (QED) is 0.195. The second kappa shape index (κ2) is 8.11. The number of nitrogens with zero attached hydrogens (tertiary/aromatic N) is 3. The number of carbonyl (C=O) groups excluding carboxylic acids is 2. The van der Waals surface area contributed by atoms with Crippen LogP contribution < -0.4 is 4.90 Å². The molecule has 0 aliphatic carbocycles. The summed E-state index contributed by atoms with van der Waals surface area (Å²) in [6.45, 7) is 0. The van der Waals surface area contributed by atoms with Gasteiger partial charge in [0.25, 0.3) is 11.5 Å². The van der Waals surface area contributed by atoms with Gasteiger partial charge in [0.15, 0.2) is 0 Å². The van der Waals surface area contributed by atoms with Crippen LogP contribution in [0.4, 0.5) is 11.5 Å². The number of ketones is 1. The molecule has 31 heavy (non-hydrogen) atoms. The predicted molar refractivity (Wildman–Crippen MR) is 116 cm³/mol. The van der Waals surface area contributed by atoms with Crippen LogP contribution in [0, 0.1) is 10.1 Å². The number of anilines is 1. The van der Waals surface area contributed by atoms with Gasteiger partial charge in [-0.25, -0.2) is 4.98 Å². The van der Waals surface area contributed by atoms with Crippen molar-refractivity contribution in [3.8, 4) is 0 Å². The number of nitro groups is 1. The number of hydrogen-bond acceptors (Lipinski definition) is 6. The summed E-state index contributed by atoms with van der Waals surface area (Å²) in [5.41, 5.74) is 0.265. The molecule has 0 bridgehead atoms. The average Bonchev–Trinajstić information content (AvgIpc) is 3.05. The fourth-order valence-corrected chi connectivity index (χ4v) is 3.72. The van der Waals surface area contributed by atoms with E-state index in [1.165, 1.54) is 24.4 Å². The van der Waals surface area contributed by atoms with Crippen LogP contribution >= 0.6 is 15.9 Å². The normalized spacial score (nSPS) is 17.7. The van der Waals surface area contributed by atoms with Gasteiger partial charge in [0.1, 0.15) is 11.6 Å². The Bertz CT molecular complexity index is 1230. The number of rotatable bonds is 4. The van der Waals surface area contributed by atoms with Crippen molar-refractivity contribution in [3.05, 3.63) is 104 Å². The molecule has 0 spiro atoms. The molecule has 1 atom stereocenters. The van der Waals surface area contributed by atoms with Crippen molar-refractivity contribution < 1.29 is 19.6 Å². The largest absolute Gasteiger partial charge is 0.507 e. The zero-order chi connectivity index (χ0) is 22.1. The number of benzene rings is 2. The van der Waals surface area contributed by atoms with E-state index >= 15 is 0 Å². The fraction of sp³-hybridized carbons (Fsp3) is 0.0455. The van der Waals surface area contributed by atoms with Crippen LogP contribution in [-0.2, 0) is 9.59 Å². The van der Waals surface area contributed by atoms with E-state index in [0.29, 0.717) is 11.1 Å². The maximum atomic E-state index is 13.0. The smallest absolute Gasteiger partial charge is 0.301 e.